The summed E-state index contributed by atoms with van der Waals surface area (Å²) in [6.07, 6.45) is 10.3. The van der Waals surface area contributed by atoms with Crippen LogP contribution in [0.3, 0.4) is 0 Å². The van der Waals surface area contributed by atoms with Crippen LogP contribution in [-0.4, -0.2) is 77.5 Å². The van der Waals surface area contributed by atoms with Gasteiger partial charge in [-0.3, -0.25) is 9.89 Å². The Labute approximate surface area is 193 Å². The average molecular weight is 483 g/mol. The minimum atomic E-state index is -3.70. The molecule has 0 spiro atoms. The van der Waals surface area contributed by atoms with Crippen LogP contribution in [0.4, 0.5) is 5.82 Å². The highest BCUT2D eigenvalue weighted by molar-refractivity contribution is 7.91. The van der Waals surface area contributed by atoms with Gasteiger partial charge in [-0.25, -0.2) is 13.4 Å². The molecular weight excluding hydrogens is 460 g/mol. The van der Waals surface area contributed by atoms with Gasteiger partial charge in [0.1, 0.15) is 17.0 Å². The van der Waals surface area contributed by atoms with Gasteiger partial charge in [-0.1, -0.05) is 0 Å². The van der Waals surface area contributed by atoms with Crippen molar-refractivity contribution < 1.29 is 13.2 Å². The summed E-state index contributed by atoms with van der Waals surface area (Å²) in [5.74, 6) is -0.127. The van der Waals surface area contributed by atoms with Crippen LogP contribution in [0.5, 0.6) is 0 Å². The maximum Gasteiger partial charge on any atom is 0.292 e. The second-order valence-corrected chi connectivity index (χ2v) is 10.8. The number of hydrogen-bond donors (Lipinski definition) is 3. The fraction of sp³-hybridized carbons (Fsp3) is 0.400. The van der Waals surface area contributed by atoms with Gasteiger partial charge in [0.2, 0.25) is 5.82 Å². The molecule has 6 heterocycles. The number of nitrogens with two attached hydrogens (primary N) is 1. The Kier molecular flexibility index (Phi) is 4.49. The Morgan fingerprint density at radius 1 is 1.21 bits per heavy atom. The minimum absolute atomic E-state index is 0.00116. The van der Waals surface area contributed by atoms with Gasteiger partial charge in [0.05, 0.1) is 18.1 Å². The summed E-state index contributed by atoms with van der Waals surface area (Å²) >= 11 is 0. The molecule has 2 fully saturated rings. The molecular formula is C20H22N10O3S. The third-order valence-electron chi connectivity index (χ3n) is 6.82. The number of fused-ring (bicyclic) bond motifs is 3. The first-order valence-electron chi connectivity index (χ1n) is 10.9. The molecule has 0 aromatic carbocycles. The van der Waals surface area contributed by atoms with Gasteiger partial charge < -0.3 is 15.6 Å². The van der Waals surface area contributed by atoms with E-state index in [0.29, 0.717) is 29.7 Å². The lowest BCUT2D eigenvalue weighted by molar-refractivity contribution is 0.0556. The standard InChI is InChI=1S/C20H22N10O3S/c1-34(32,33)16-15(27-19-14(11-6-23-24-7-11)8-26-30(19)17(16)21)10-4-12-2-3-13(5-10)29(12)20(31)18-22-9-25-28-18/h6-10,12-13H,2-5,21H2,1H3,(H,23,24)(H,22,25,28)/t10-,12-,13+. The molecule has 1 amide bonds. The molecule has 6 rings (SSSR count). The number of sulfone groups is 1. The molecule has 13 nitrogen and oxygen atoms in total. The van der Waals surface area contributed by atoms with Crippen LogP contribution < -0.4 is 5.73 Å². The molecule has 0 aliphatic carbocycles. The number of H-pyrrole nitrogens is 2. The van der Waals surface area contributed by atoms with Crippen LogP contribution in [0.1, 0.15) is 47.9 Å². The van der Waals surface area contributed by atoms with Crippen LogP contribution in [0.2, 0.25) is 0 Å². The van der Waals surface area contributed by atoms with Crippen molar-refractivity contribution >= 4 is 27.2 Å². The zero-order chi connectivity index (χ0) is 23.6. The van der Waals surface area contributed by atoms with E-state index in [2.05, 4.69) is 30.5 Å². The molecule has 4 aromatic rings. The van der Waals surface area contributed by atoms with Gasteiger partial charge in [-0.05, 0) is 25.7 Å². The molecule has 0 saturated carbocycles. The van der Waals surface area contributed by atoms with Gasteiger partial charge in [0.15, 0.2) is 15.5 Å². The van der Waals surface area contributed by atoms with E-state index in [1.807, 2.05) is 4.90 Å². The van der Waals surface area contributed by atoms with Crippen molar-refractivity contribution in [2.75, 3.05) is 12.0 Å². The summed E-state index contributed by atoms with van der Waals surface area (Å²) in [6.45, 7) is 0. The number of hydrogen-bond acceptors (Lipinski definition) is 9. The van der Waals surface area contributed by atoms with Crippen LogP contribution in [-0.2, 0) is 9.84 Å². The Morgan fingerprint density at radius 3 is 2.59 bits per heavy atom. The first kappa shape index (κ1) is 20.8. The summed E-state index contributed by atoms with van der Waals surface area (Å²) in [4.78, 5) is 22.5. The van der Waals surface area contributed by atoms with Crippen molar-refractivity contribution in [1.82, 2.24) is 44.9 Å². The lowest BCUT2D eigenvalue weighted by atomic mass is 9.87. The van der Waals surface area contributed by atoms with E-state index in [4.69, 9.17) is 10.7 Å². The number of nitrogens with one attached hydrogen (secondary N) is 2. The number of aromatic amines is 2. The summed E-state index contributed by atoms with van der Waals surface area (Å²) < 4.78 is 27.0. The molecule has 2 aliphatic rings. The van der Waals surface area contributed by atoms with Crippen molar-refractivity contribution in [1.29, 1.82) is 0 Å². The highest BCUT2D eigenvalue weighted by atomic mass is 32.2. The van der Waals surface area contributed by atoms with Crippen LogP contribution in [0.25, 0.3) is 16.8 Å². The molecule has 4 aromatic heterocycles. The third-order valence-corrected chi connectivity index (χ3v) is 7.98. The molecule has 0 radical (unpaired) electrons. The van der Waals surface area contributed by atoms with E-state index in [9.17, 15) is 13.2 Å². The van der Waals surface area contributed by atoms with Gasteiger partial charge in [0.25, 0.3) is 5.91 Å². The summed E-state index contributed by atoms with van der Waals surface area (Å²) in [7, 11) is -3.70. The second kappa shape index (κ2) is 7.35. The van der Waals surface area contributed by atoms with Gasteiger partial charge >= 0.3 is 0 Å². The largest absolute Gasteiger partial charge is 0.382 e. The predicted molar refractivity (Wildman–Crippen MR) is 119 cm³/mol. The van der Waals surface area contributed by atoms with E-state index >= 15 is 0 Å². The number of aromatic nitrogens is 8. The fourth-order valence-corrected chi connectivity index (χ4v) is 6.50. The van der Waals surface area contributed by atoms with Crippen molar-refractivity contribution in [3.63, 3.8) is 0 Å². The average Bonchev–Trinajstić information content (AvgIpc) is 3.58. The minimum Gasteiger partial charge on any atom is -0.382 e. The molecule has 176 valence electrons. The maximum atomic E-state index is 13.0. The van der Waals surface area contributed by atoms with E-state index in [-0.39, 0.29) is 40.4 Å². The fourth-order valence-electron chi connectivity index (χ4n) is 5.44. The zero-order valence-corrected chi connectivity index (χ0v) is 19.0. The maximum absolute atomic E-state index is 13.0. The van der Waals surface area contributed by atoms with Gasteiger partial charge in [-0.15, -0.1) is 10.2 Å². The number of nitrogen functional groups attached to an aromatic ring is 1. The second-order valence-electron chi connectivity index (χ2n) is 8.87. The Hall–Kier alpha value is -3.81. The summed E-state index contributed by atoms with van der Waals surface area (Å²) in [5, 5.41) is 18.6. The first-order valence-corrected chi connectivity index (χ1v) is 12.8. The molecule has 14 heteroatoms. The topological polar surface area (TPSA) is 181 Å². The number of anilines is 1. The van der Waals surface area contributed by atoms with Crippen molar-refractivity contribution in [3.05, 3.63) is 36.4 Å². The number of carbonyl (C=O) groups excluding carboxylic acids is 1. The number of nitrogens with zero attached hydrogens (tertiary/aromatic N) is 7. The van der Waals surface area contributed by atoms with E-state index in [1.165, 1.54) is 10.8 Å². The molecule has 0 unspecified atom stereocenters. The SMILES string of the molecule is CS(=O)(=O)c1c([C@@H]2C[C@H]3CC[C@@H](C2)N3C(=O)c2nnc[nH]2)nc2c(-c3cn[nH]c3)cnn2c1N. The summed E-state index contributed by atoms with van der Waals surface area (Å²) in [6, 6.07) is -0.0995. The third kappa shape index (κ3) is 3.09. The molecule has 2 saturated heterocycles. The van der Waals surface area contributed by atoms with E-state index < -0.39 is 9.84 Å². The van der Waals surface area contributed by atoms with Gasteiger partial charge in [-0.2, -0.15) is 14.7 Å². The lowest BCUT2D eigenvalue weighted by Crippen LogP contribution is -2.46. The predicted octanol–water partition coefficient (Wildman–Crippen LogP) is 0.774. The van der Waals surface area contributed by atoms with Crippen molar-refractivity contribution in [3.8, 4) is 11.1 Å². The molecule has 2 bridgehead atoms. The van der Waals surface area contributed by atoms with Crippen molar-refractivity contribution in [2.45, 2.75) is 48.6 Å². The number of rotatable bonds is 4. The Morgan fingerprint density at radius 2 is 1.97 bits per heavy atom. The molecule has 2 aliphatic heterocycles. The Bertz CT molecular complexity index is 1480. The number of amides is 1. The zero-order valence-electron chi connectivity index (χ0n) is 18.2. The quantitative estimate of drug-likeness (QED) is 0.378. The lowest BCUT2D eigenvalue weighted by Gasteiger charge is -2.38. The van der Waals surface area contributed by atoms with Crippen LogP contribution in [0.15, 0.2) is 29.8 Å². The van der Waals surface area contributed by atoms with Crippen LogP contribution in [0, 0.1) is 0 Å². The Balaban J connectivity index is 1.45. The van der Waals surface area contributed by atoms with Crippen LogP contribution >= 0.6 is 0 Å². The normalized spacial score (nSPS) is 22.5. The van der Waals surface area contributed by atoms with E-state index in [1.54, 1.807) is 18.6 Å². The van der Waals surface area contributed by atoms with Crippen molar-refractivity contribution in [2.24, 2.45) is 0 Å². The molecule has 4 N–H and O–H groups in total. The van der Waals surface area contributed by atoms with E-state index in [0.717, 1.165) is 24.7 Å². The highest BCUT2D eigenvalue weighted by Gasteiger charge is 2.46. The highest BCUT2D eigenvalue weighted by Crippen LogP contribution is 2.45. The monoisotopic (exact) mass is 482 g/mol. The molecule has 34 heavy (non-hydrogen) atoms. The first-order chi connectivity index (χ1) is 16.3. The number of piperidine rings is 1. The summed E-state index contributed by atoms with van der Waals surface area (Å²) in [5.41, 5.74) is 8.74. The van der Waals surface area contributed by atoms with Gasteiger partial charge in [0, 0.05) is 41.6 Å². The smallest absolute Gasteiger partial charge is 0.292 e. The number of carbonyl (C=O) groups is 1. The molecule has 3 atom stereocenters.